The van der Waals surface area contributed by atoms with E-state index in [1.165, 1.54) is 24.2 Å². The van der Waals surface area contributed by atoms with Gasteiger partial charge in [-0.15, -0.1) is 0 Å². The average Bonchev–Trinajstić information content (AvgIpc) is 2.80. The van der Waals surface area contributed by atoms with Crippen molar-refractivity contribution in [2.24, 2.45) is 0 Å². The van der Waals surface area contributed by atoms with Gasteiger partial charge in [-0.05, 0) is 52.8 Å². The van der Waals surface area contributed by atoms with E-state index in [2.05, 4.69) is 42.1 Å². The lowest BCUT2D eigenvalue weighted by Gasteiger charge is -2.33. The summed E-state index contributed by atoms with van der Waals surface area (Å²) in [5, 5.41) is 7.28. The SMILES string of the molecule is CN1CCCC(OC2=CCc3[nH]ncc3C2(C)C)CC1. The first-order valence-electron chi connectivity index (χ1n) is 7.66. The molecule has 1 aliphatic carbocycles. The fraction of sp³-hybridized carbons (Fsp3) is 0.688. The molecule has 3 rings (SSSR count). The molecule has 4 heteroatoms. The number of hydrogen-bond acceptors (Lipinski definition) is 3. The Morgan fingerprint density at radius 3 is 3.05 bits per heavy atom. The molecule has 0 bridgehead atoms. The lowest BCUT2D eigenvalue weighted by Crippen LogP contribution is -2.29. The van der Waals surface area contributed by atoms with Crippen LogP contribution in [0.1, 0.15) is 44.4 Å². The second-order valence-electron chi connectivity index (χ2n) is 6.63. The molecule has 4 nitrogen and oxygen atoms in total. The zero-order valence-electron chi connectivity index (χ0n) is 12.8. The van der Waals surface area contributed by atoms with E-state index in [9.17, 15) is 0 Å². The van der Waals surface area contributed by atoms with Crippen LogP contribution in [0.25, 0.3) is 0 Å². The van der Waals surface area contributed by atoms with Crippen molar-refractivity contribution in [3.05, 3.63) is 29.3 Å². The maximum Gasteiger partial charge on any atom is 0.103 e. The number of allylic oxidation sites excluding steroid dienone is 2. The van der Waals surface area contributed by atoms with Gasteiger partial charge in [0.15, 0.2) is 0 Å². The van der Waals surface area contributed by atoms with Crippen LogP contribution in [0.5, 0.6) is 0 Å². The maximum absolute atomic E-state index is 6.39. The summed E-state index contributed by atoms with van der Waals surface area (Å²) < 4.78 is 6.39. The second kappa shape index (κ2) is 5.24. The Balaban J connectivity index is 1.73. The van der Waals surface area contributed by atoms with Gasteiger partial charge < -0.3 is 9.64 Å². The summed E-state index contributed by atoms with van der Waals surface area (Å²) in [7, 11) is 2.20. The van der Waals surface area contributed by atoms with E-state index in [-0.39, 0.29) is 5.41 Å². The molecule has 20 heavy (non-hydrogen) atoms. The van der Waals surface area contributed by atoms with Gasteiger partial charge in [0.1, 0.15) is 5.76 Å². The summed E-state index contributed by atoms with van der Waals surface area (Å²) in [5.41, 5.74) is 2.43. The number of rotatable bonds is 2. The van der Waals surface area contributed by atoms with Crippen molar-refractivity contribution in [1.82, 2.24) is 15.1 Å². The largest absolute Gasteiger partial charge is 0.494 e. The van der Waals surface area contributed by atoms with Crippen LogP contribution in [0.2, 0.25) is 0 Å². The highest BCUT2D eigenvalue weighted by atomic mass is 16.5. The molecule has 0 spiro atoms. The Labute approximate surface area is 121 Å². The van der Waals surface area contributed by atoms with Crippen molar-refractivity contribution in [2.45, 2.75) is 51.0 Å². The second-order valence-corrected chi connectivity index (χ2v) is 6.63. The normalized spacial score (nSPS) is 26.6. The van der Waals surface area contributed by atoms with Gasteiger partial charge in [0, 0.05) is 24.2 Å². The first kappa shape index (κ1) is 13.7. The molecule has 2 heterocycles. The molecular formula is C16H25N3O. The highest BCUT2D eigenvalue weighted by Crippen LogP contribution is 2.38. The summed E-state index contributed by atoms with van der Waals surface area (Å²) in [6.07, 6.45) is 8.96. The van der Waals surface area contributed by atoms with Crippen molar-refractivity contribution in [3.8, 4) is 0 Å². The van der Waals surface area contributed by atoms with Crippen LogP contribution in [0.3, 0.4) is 0 Å². The number of nitrogens with zero attached hydrogens (tertiary/aromatic N) is 2. The van der Waals surface area contributed by atoms with Crippen molar-refractivity contribution >= 4 is 0 Å². The number of likely N-dealkylation sites (tertiary alicyclic amines) is 1. The highest BCUT2D eigenvalue weighted by Gasteiger charge is 2.35. The first-order valence-corrected chi connectivity index (χ1v) is 7.66. The van der Waals surface area contributed by atoms with Crippen LogP contribution in [-0.2, 0) is 16.6 Å². The minimum atomic E-state index is -0.0706. The van der Waals surface area contributed by atoms with Crippen molar-refractivity contribution in [3.63, 3.8) is 0 Å². The van der Waals surface area contributed by atoms with E-state index in [1.54, 1.807) is 0 Å². The summed E-state index contributed by atoms with van der Waals surface area (Å²) in [6.45, 7) is 6.79. The fourth-order valence-electron chi connectivity index (χ4n) is 3.29. The summed E-state index contributed by atoms with van der Waals surface area (Å²) in [4.78, 5) is 2.40. The monoisotopic (exact) mass is 275 g/mol. The van der Waals surface area contributed by atoms with E-state index in [0.29, 0.717) is 6.10 Å². The van der Waals surface area contributed by atoms with Crippen LogP contribution in [-0.4, -0.2) is 41.3 Å². The molecule has 1 aromatic rings. The van der Waals surface area contributed by atoms with Crippen LogP contribution >= 0.6 is 0 Å². The van der Waals surface area contributed by atoms with Crippen LogP contribution in [0.4, 0.5) is 0 Å². The Kier molecular flexibility index (Phi) is 3.59. The number of H-pyrrole nitrogens is 1. The summed E-state index contributed by atoms with van der Waals surface area (Å²) >= 11 is 0. The number of nitrogens with one attached hydrogen (secondary N) is 1. The van der Waals surface area contributed by atoms with Crippen molar-refractivity contribution < 1.29 is 4.74 Å². The minimum absolute atomic E-state index is 0.0706. The van der Waals surface area contributed by atoms with Gasteiger partial charge in [0.25, 0.3) is 0 Å². The smallest absolute Gasteiger partial charge is 0.103 e. The Morgan fingerprint density at radius 2 is 2.20 bits per heavy atom. The molecule has 1 N–H and O–H groups in total. The van der Waals surface area contributed by atoms with E-state index in [0.717, 1.165) is 31.6 Å². The third-order valence-corrected chi connectivity index (χ3v) is 4.69. The number of hydrogen-bond donors (Lipinski definition) is 1. The first-order chi connectivity index (χ1) is 9.57. The lowest BCUT2D eigenvalue weighted by atomic mass is 9.78. The molecule has 0 saturated carbocycles. The summed E-state index contributed by atoms with van der Waals surface area (Å²) in [5.74, 6) is 1.13. The van der Waals surface area contributed by atoms with Gasteiger partial charge in [-0.25, -0.2) is 0 Å². The molecule has 110 valence electrons. The van der Waals surface area contributed by atoms with E-state index in [4.69, 9.17) is 4.74 Å². The topological polar surface area (TPSA) is 41.1 Å². The number of fused-ring (bicyclic) bond motifs is 1. The van der Waals surface area contributed by atoms with Crippen LogP contribution in [0, 0.1) is 0 Å². The molecule has 0 radical (unpaired) electrons. The van der Waals surface area contributed by atoms with Crippen LogP contribution in [0.15, 0.2) is 18.0 Å². The van der Waals surface area contributed by atoms with E-state index in [1.807, 2.05) is 6.20 Å². The van der Waals surface area contributed by atoms with Gasteiger partial charge in [-0.1, -0.05) is 0 Å². The third-order valence-electron chi connectivity index (χ3n) is 4.69. The molecule has 1 fully saturated rings. The van der Waals surface area contributed by atoms with Gasteiger partial charge in [-0.3, -0.25) is 5.10 Å². The van der Waals surface area contributed by atoms with Crippen molar-refractivity contribution in [1.29, 1.82) is 0 Å². The number of ether oxygens (including phenoxy) is 1. The molecule has 1 aromatic heterocycles. The van der Waals surface area contributed by atoms with Gasteiger partial charge in [0.05, 0.1) is 17.7 Å². The number of aromatic amines is 1. The lowest BCUT2D eigenvalue weighted by molar-refractivity contribution is 0.0764. The minimum Gasteiger partial charge on any atom is -0.494 e. The zero-order chi connectivity index (χ0) is 14.2. The van der Waals surface area contributed by atoms with Crippen molar-refractivity contribution in [2.75, 3.05) is 20.1 Å². The van der Waals surface area contributed by atoms with Gasteiger partial charge >= 0.3 is 0 Å². The molecule has 1 aliphatic heterocycles. The van der Waals surface area contributed by atoms with Gasteiger partial charge in [0.2, 0.25) is 0 Å². The summed E-state index contributed by atoms with van der Waals surface area (Å²) in [6, 6.07) is 0. The third kappa shape index (κ3) is 2.49. The molecular weight excluding hydrogens is 250 g/mol. The standard InChI is InChI=1S/C16H25N3O/c1-16(2)13-11-17-18-14(13)6-7-15(16)20-12-5-4-9-19(3)10-8-12/h7,11-12H,4-6,8-10H2,1-3H3,(H,17,18). The van der Waals surface area contributed by atoms with Crippen LogP contribution < -0.4 is 0 Å². The predicted molar refractivity (Wildman–Crippen MR) is 79.6 cm³/mol. The quantitative estimate of drug-likeness (QED) is 0.902. The zero-order valence-corrected chi connectivity index (χ0v) is 12.8. The Morgan fingerprint density at radius 1 is 1.35 bits per heavy atom. The van der Waals surface area contributed by atoms with E-state index < -0.39 is 0 Å². The number of aromatic nitrogens is 2. The van der Waals surface area contributed by atoms with Gasteiger partial charge in [-0.2, -0.15) is 5.10 Å². The maximum atomic E-state index is 6.39. The van der Waals surface area contributed by atoms with E-state index >= 15 is 0 Å². The highest BCUT2D eigenvalue weighted by molar-refractivity contribution is 5.39. The molecule has 1 atom stereocenters. The molecule has 1 unspecified atom stereocenters. The predicted octanol–water partition coefficient (Wildman–Crippen LogP) is 2.63. The molecule has 0 amide bonds. The molecule has 2 aliphatic rings. The Bertz CT molecular complexity index is 504. The molecule has 1 saturated heterocycles. The Hall–Kier alpha value is -1.29. The molecule has 0 aromatic carbocycles. The fourth-order valence-corrected chi connectivity index (χ4v) is 3.29. The average molecular weight is 275 g/mol.